The van der Waals surface area contributed by atoms with Gasteiger partial charge in [-0.05, 0) is 75.5 Å². The van der Waals surface area contributed by atoms with Crippen molar-refractivity contribution in [3.05, 3.63) is 0 Å². The van der Waals surface area contributed by atoms with Crippen molar-refractivity contribution >= 4 is 0 Å². The molecule has 0 aromatic carbocycles. The fraction of sp³-hybridized carbons (Fsp3) is 1.00. The smallest absolute Gasteiger partial charge is 0.0813 e. The third-order valence-corrected chi connectivity index (χ3v) is 7.32. The lowest BCUT2D eigenvalue weighted by Crippen LogP contribution is -2.41. The number of ether oxygens (including phenoxy) is 2. The summed E-state index contributed by atoms with van der Waals surface area (Å²) in [5.41, 5.74) is 1.26. The quantitative estimate of drug-likeness (QED) is 0.539. The van der Waals surface area contributed by atoms with E-state index in [1.807, 2.05) is 0 Å². The zero-order valence-corrected chi connectivity index (χ0v) is 15.6. The Morgan fingerprint density at radius 1 is 0.870 bits per heavy atom. The average Bonchev–Trinajstić information content (AvgIpc) is 3.19. The first-order chi connectivity index (χ1) is 11.3. The summed E-state index contributed by atoms with van der Waals surface area (Å²) in [5.74, 6) is 1.01. The topological polar surface area (TPSA) is 18.5 Å². The van der Waals surface area contributed by atoms with Crippen molar-refractivity contribution in [2.24, 2.45) is 16.7 Å². The molecule has 0 N–H and O–H groups in total. The number of rotatable bonds is 9. The van der Waals surface area contributed by atoms with E-state index in [4.69, 9.17) is 9.47 Å². The third-order valence-electron chi connectivity index (χ3n) is 7.32. The molecule has 2 heteroatoms. The van der Waals surface area contributed by atoms with Gasteiger partial charge < -0.3 is 9.47 Å². The first kappa shape index (κ1) is 17.7. The van der Waals surface area contributed by atoms with E-state index in [2.05, 4.69) is 13.8 Å². The lowest BCUT2D eigenvalue weighted by molar-refractivity contribution is -0.0549. The molecule has 0 aromatic heterocycles. The maximum Gasteiger partial charge on any atom is 0.0813 e. The lowest BCUT2D eigenvalue weighted by Gasteiger charge is -2.47. The Balaban J connectivity index is 1.72. The van der Waals surface area contributed by atoms with Crippen molar-refractivity contribution in [3.8, 4) is 0 Å². The maximum absolute atomic E-state index is 6.09. The molecule has 0 radical (unpaired) electrons. The predicted molar refractivity (Wildman–Crippen MR) is 95.7 cm³/mol. The SMILES string of the molecule is CCOCC(CC1(C2(C3CCCCC3)CCCC2)CC1)OCC. The van der Waals surface area contributed by atoms with Gasteiger partial charge in [-0.2, -0.15) is 0 Å². The van der Waals surface area contributed by atoms with Gasteiger partial charge in [-0.15, -0.1) is 0 Å². The van der Waals surface area contributed by atoms with Crippen LogP contribution in [-0.4, -0.2) is 25.9 Å². The first-order valence-corrected chi connectivity index (χ1v) is 10.5. The van der Waals surface area contributed by atoms with Crippen LogP contribution in [0.25, 0.3) is 0 Å². The van der Waals surface area contributed by atoms with Crippen molar-refractivity contribution in [1.82, 2.24) is 0 Å². The molecule has 3 aliphatic rings. The van der Waals surface area contributed by atoms with Gasteiger partial charge in [-0.25, -0.2) is 0 Å². The lowest BCUT2D eigenvalue weighted by atomic mass is 9.58. The largest absolute Gasteiger partial charge is 0.379 e. The zero-order chi connectivity index (χ0) is 16.2. The number of hydrogen-bond donors (Lipinski definition) is 0. The van der Waals surface area contributed by atoms with E-state index in [1.165, 1.54) is 77.0 Å². The van der Waals surface area contributed by atoms with Crippen LogP contribution in [0.2, 0.25) is 0 Å². The normalized spacial score (nSPS) is 27.9. The van der Waals surface area contributed by atoms with Gasteiger partial charge in [0.25, 0.3) is 0 Å². The van der Waals surface area contributed by atoms with E-state index in [-0.39, 0.29) is 0 Å². The van der Waals surface area contributed by atoms with Crippen molar-refractivity contribution in [2.45, 2.75) is 97.0 Å². The van der Waals surface area contributed by atoms with Gasteiger partial charge in [-0.1, -0.05) is 32.1 Å². The molecule has 0 aromatic rings. The highest BCUT2D eigenvalue weighted by atomic mass is 16.5. The van der Waals surface area contributed by atoms with Crippen molar-refractivity contribution < 1.29 is 9.47 Å². The Labute approximate surface area is 143 Å². The predicted octanol–water partition coefficient (Wildman–Crippen LogP) is 5.74. The van der Waals surface area contributed by atoms with E-state index < -0.39 is 0 Å². The van der Waals surface area contributed by atoms with Crippen LogP contribution < -0.4 is 0 Å². The van der Waals surface area contributed by atoms with Crippen LogP contribution in [0.5, 0.6) is 0 Å². The van der Waals surface area contributed by atoms with E-state index in [1.54, 1.807) is 0 Å². The Morgan fingerprint density at radius 2 is 1.57 bits per heavy atom. The molecule has 134 valence electrons. The zero-order valence-electron chi connectivity index (χ0n) is 15.6. The van der Waals surface area contributed by atoms with Crippen molar-refractivity contribution in [2.75, 3.05) is 19.8 Å². The van der Waals surface area contributed by atoms with Gasteiger partial charge in [0.2, 0.25) is 0 Å². The second-order valence-electron chi connectivity index (χ2n) is 8.42. The fourth-order valence-corrected chi connectivity index (χ4v) is 6.18. The second-order valence-corrected chi connectivity index (χ2v) is 8.42. The Bertz CT molecular complexity index is 349. The minimum Gasteiger partial charge on any atom is -0.379 e. The third kappa shape index (κ3) is 3.63. The Hall–Kier alpha value is -0.0800. The van der Waals surface area contributed by atoms with Crippen molar-refractivity contribution in [3.63, 3.8) is 0 Å². The molecule has 0 heterocycles. The van der Waals surface area contributed by atoms with Gasteiger partial charge in [0, 0.05) is 13.2 Å². The van der Waals surface area contributed by atoms with Crippen molar-refractivity contribution in [1.29, 1.82) is 0 Å². The standard InChI is InChI=1S/C21H38O2/c1-3-22-17-19(23-4-2)16-20(14-15-20)21(12-8-9-13-21)18-10-6-5-7-11-18/h18-19H,3-17H2,1-2H3. The molecule has 3 saturated carbocycles. The van der Waals surface area contributed by atoms with Crippen LogP contribution >= 0.6 is 0 Å². The number of hydrogen-bond acceptors (Lipinski definition) is 2. The Kier molecular flexibility index (Phi) is 6.07. The van der Waals surface area contributed by atoms with Crippen LogP contribution in [0.4, 0.5) is 0 Å². The van der Waals surface area contributed by atoms with Crippen LogP contribution in [0.3, 0.4) is 0 Å². The maximum atomic E-state index is 6.09. The van der Waals surface area contributed by atoms with Crippen LogP contribution in [0, 0.1) is 16.7 Å². The van der Waals surface area contributed by atoms with Gasteiger partial charge >= 0.3 is 0 Å². The monoisotopic (exact) mass is 322 g/mol. The Morgan fingerprint density at radius 3 is 2.13 bits per heavy atom. The van der Waals surface area contributed by atoms with Gasteiger partial charge in [0.05, 0.1) is 12.7 Å². The second kappa shape index (κ2) is 7.87. The minimum absolute atomic E-state index is 0.323. The molecule has 0 spiro atoms. The summed E-state index contributed by atoms with van der Waals surface area (Å²) in [6, 6.07) is 0. The summed E-state index contributed by atoms with van der Waals surface area (Å²) in [6.45, 7) is 6.66. The molecule has 2 nitrogen and oxygen atoms in total. The summed E-state index contributed by atoms with van der Waals surface area (Å²) in [7, 11) is 0. The minimum atomic E-state index is 0.323. The molecule has 0 aliphatic heterocycles. The van der Waals surface area contributed by atoms with E-state index >= 15 is 0 Å². The molecule has 0 bridgehead atoms. The molecule has 23 heavy (non-hydrogen) atoms. The highest BCUT2D eigenvalue weighted by molar-refractivity contribution is 5.12. The van der Waals surface area contributed by atoms with E-state index in [0.29, 0.717) is 16.9 Å². The summed E-state index contributed by atoms with van der Waals surface area (Å²) in [4.78, 5) is 0. The molecule has 1 unspecified atom stereocenters. The highest BCUT2D eigenvalue weighted by Crippen LogP contribution is 2.71. The van der Waals surface area contributed by atoms with Gasteiger partial charge in [-0.3, -0.25) is 0 Å². The summed E-state index contributed by atoms with van der Waals surface area (Å²) >= 11 is 0. The highest BCUT2D eigenvalue weighted by Gasteiger charge is 2.62. The molecule has 0 amide bonds. The molecule has 0 saturated heterocycles. The average molecular weight is 323 g/mol. The fourth-order valence-electron chi connectivity index (χ4n) is 6.18. The molecule has 3 rings (SSSR count). The molecular weight excluding hydrogens is 284 g/mol. The van der Waals surface area contributed by atoms with E-state index in [9.17, 15) is 0 Å². The van der Waals surface area contributed by atoms with Crippen LogP contribution in [-0.2, 0) is 9.47 Å². The molecule has 3 aliphatic carbocycles. The molecule has 1 atom stereocenters. The molecule has 3 fully saturated rings. The summed E-state index contributed by atoms with van der Waals surface area (Å²) < 4.78 is 11.8. The van der Waals surface area contributed by atoms with Gasteiger partial charge in [0.15, 0.2) is 0 Å². The van der Waals surface area contributed by atoms with Crippen LogP contribution in [0.15, 0.2) is 0 Å². The summed E-state index contributed by atoms with van der Waals surface area (Å²) in [6.07, 6.45) is 17.9. The van der Waals surface area contributed by atoms with Gasteiger partial charge in [0.1, 0.15) is 0 Å². The van der Waals surface area contributed by atoms with Crippen LogP contribution in [0.1, 0.15) is 90.9 Å². The molecular formula is C21H38O2. The first-order valence-electron chi connectivity index (χ1n) is 10.5. The summed E-state index contributed by atoms with van der Waals surface area (Å²) in [5, 5.41) is 0. The van der Waals surface area contributed by atoms with E-state index in [0.717, 1.165) is 25.7 Å².